The van der Waals surface area contributed by atoms with Crippen LogP contribution in [0.25, 0.3) is 6.08 Å². The SMILES string of the molecule is CCOC(=O)c1c(/C=C/C(=O)NC(c2ccccc2)c2ccccn2)c(C)n(CC)c1C. The Labute approximate surface area is 188 Å². The summed E-state index contributed by atoms with van der Waals surface area (Å²) in [7, 11) is 0. The second kappa shape index (κ2) is 10.6. The first-order valence-electron chi connectivity index (χ1n) is 10.8. The average Bonchev–Trinajstić information content (AvgIpc) is 3.06. The monoisotopic (exact) mass is 431 g/mol. The normalized spacial score (nSPS) is 12.0. The lowest BCUT2D eigenvalue weighted by Crippen LogP contribution is -2.28. The third kappa shape index (κ3) is 4.97. The molecular formula is C26H29N3O3. The first-order chi connectivity index (χ1) is 15.5. The number of hydrogen-bond acceptors (Lipinski definition) is 4. The van der Waals surface area contributed by atoms with Gasteiger partial charge in [0.25, 0.3) is 0 Å². The highest BCUT2D eigenvalue weighted by molar-refractivity contribution is 5.99. The summed E-state index contributed by atoms with van der Waals surface area (Å²) in [5.41, 5.74) is 4.63. The van der Waals surface area contributed by atoms with Crippen molar-refractivity contribution in [2.24, 2.45) is 0 Å². The van der Waals surface area contributed by atoms with Crippen LogP contribution in [0, 0.1) is 13.8 Å². The Bertz CT molecular complexity index is 1060. The number of benzene rings is 1. The number of pyridine rings is 1. The van der Waals surface area contributed by atoms with Crippen molar-refractivity contribution in [2.45, 2.75) is 40.3 Å². The van der Waals surface area contributed by atoms with Crippen LogP contribution >= 0.6 is 0 Å². The van der Waals surface area contributed by atoms with Crippen molar-refractivity contribution in [2.75, 3.05) is 6.61 Å². The summed E-state index contributed by atoms with van der Waals surface area (Å²) in [5.74, 6) is -0.656. The Morgan fingerprint density at radius 2 is 1.78 bits per heavy atom. The maximum Gasteiger partial charge on any atom is 0.340 e. The van der Waals surface area contributed by atoms with E-state index >= 15 is 0 Å². The number of esters is 1. The quantitative estimate of drug-likeness (QED) is 0.417. The fraction of sp³-hybridized carbons (Fsp3) is 0.269. The molecule has 3 rings (SSSR count). The number of hydrogen-bond donors (Lipinski definition) is 1. The highest BCUT2D eigenvalue weighted by Crippen LogP contribution is 2.25. The van der Waals surface area contributed by atoms with E-state index in [1.54, 1.807) is 19.2 Å². The van der Waals surface area contributed by atoms with E-state index < -0.39 is 0 Å². The topological polar surface area (TPSA) is 73.2 Å². The highest BCUT2D eigenvalue weighted by atomic mass is 16.5. The van der Waals surface area contributed by atoms with Crippen molar-refractivity contribution in [1.82, 2.24) is 14.9 Å². The van der Waals surface area contributed by atoms with Crippen LogP contribution in [-0.2, 0) is 16.1 Å². The number of aromatic nitrogens is 2. The zero-order valence-electron chi connectivity index (χ0n) is 19.0. The van der Waals surface area contributed by atoms with Crippen LogP contribution in [0.15, 0.2) is 60.8 Å². The zero-order chi connectivity index (χ0) is 23.1. The molecule has 0 aliphatic carbocycles. The number of ether oxygens (including phenoxy) is 1. The minimum atomic E-state index is -0.387. The van der Waals surface area contributed by atoms with Crippen LogP contribution in [0.2, 0.25) is 0 Å². The Balaban J connectivity index is 1.91. The van der Waals surface area contributed by atoms with Gasteiger partial charge in [0, 0.05) is 35.8 Å². The molecule has 2 heterocycles. The van der Waals surface area contributed by atoms with Gasteiger partial charge in [-0.15, -0.1) is 0 Å². The lowest BCUT2D eigenvalue weighted by molar-refractivity contribution is -0.116. The van der Waals surface area contributed by atoms with Crippen LogP contribution in [0.5, 0.6) is 0 Å². The first-order valence-corrected chi connectivity index (χ1v) is 10.8. The summed E-state index contributed by atoms with van der Waals surface area (Å²) >= 11 is 0. The van der Waals surface area contributed by atoms with Crippen molar-refractivity contribution >= 4 is 18.0 Å². The first kappa shape index (κ1) is 23.0. The minimum absolute atomic E-state index is 0.277. The van der Waals surface area contributed by atoms with E-state index in [0.29, 0.717) is 17.7 Å². The van der Waals surface area contributed by atoms with Crippen LogP contribution in [0.4, 0.5) is 0 Å². The zero-order valence-corrected chi connectivity index (χ0v) is 19.0. The van der Waals surface area contributed by atoms with Crippen LogP contribution < -0.4 is 5.32 Å². The molecule has 0 fully saturated rings. The molecule has 1 unspecified atom stereocenters. The van der Waals surface area contributed by atoms with Gasteiger partial charge in [0.2, 0.25) is 5.91 Å². The van der Waals surface area contributed by atoms with Crippen molar-refractivity contribution < 1.29 is 14.3 Å². The molecule has 1 aromatic carbocycles. The van der Waals surface area contributed by atoms with E-state index in [4.69, 9.17) is 4.74 Å². The third-order valence-electron chi connectivity index (χ3n) is 5.43. The number of rotatable bonds is 8. The lowest BCUT2D eigenvalue weighted by atomic mass is 10.0. The molecule has 6 heteroatoms. The molecule has 3 aromatic rings. The van der Waals surface area contributed by atoms with Crippen molar-refractivity contribution in [3.8, 4) is 0 Å². The summed E-state index contributed by atoms with van der Waals surface area (Å²) in [4.78, 5) is 29.9. The molecule has 0 radical (unpaired) electrons. The second-order valence-electron chi connectivity index (χ2n) is 7.36. The molecule has 0 saturated heterocycles. The second-order valence-corrected chi connectivity index (χ2v) is 7.36. The summed E-state index contributed by atoms with van der Waals surface area (Å²) < 4.78 is 7.30. The minimum Gasteiger partial charge on any atom is -0.462 e. The van der Waals surface area contributed by atoms with Gasteiger partial charge in [0.1, 0.15) is 0 Å². The lowest BCUT2D eigenvalue weighted by Gasteiger charge is -2.18. The van der Waals surface area contributed by atoms with Gasteiger partial charge >= 0.3 is 5.97 Å². The van der Waals surface area contributed by atoms with Gasteiger partial charge in [-0.05, 0) is 51.5 Å². The van der Waals surface area contributed by atoms with Crippen LogP contribution in [0.3, 0.4) is 0 Å². The molecule has 0 saturated carbocycles. The molecule has 1 N–H and O–H groups in total. The number of nitrogens with zero attached hydrogens (tertiary/aromatic N) is 2. The smallest absolute Gasteiger partial charge is 0.340 e. The molecule has 0 bridgehead atoms. The molecule has 1 atom stereocenters. The van der Waals surface area contributed by atoms with Crippen molar-refractivity contribution in [3.05, 3.63) is 94.6 Å². The Morgan fingerprint density at radius 3 is 2.41 bits per heavy atom. The van der Waals surface area contributed by atoms with Crippen molar-refractivity contribution in [3.63, 3.8) is 0 Å². The molecular weight excluding hydrogens is 402 g/mol. The van der Waals surface area contributed by atoms with Gasteiger partial charge in [0.15, 0.2) is 0 Å². The van der Waals surface area contributed by atoms with E-state index in [-0.39, 0.29) is 17.9 Å². The largest absolute Gasteiger partial charge is 0.462 e. The third-order valence-corrected chi connectivity index (χ3v) is 5.43. The van der Waals surface area contributed by atoms with E-state index in [2.05, 4.69) is 10.3 Å². The van der Waals surface area contributed by atoms with Crippen LogP contribution in [0.1, 0.15) is 58.5 Å². The van der Waals surface area contributed by atoms with E-state index in [1.807, 2.05) is 73.9 Å². The molecule has 0 aliphatic heterocycles. The predicted octanol–water partition coefficient (Wildman–Crippen LogP) is 4.62. The summed E-state index contributed by atoms with van der Waals surface area (Å²) in [6.07, 6.45) is 4.86. The number of nitrogens with one attached hydrogen (secondary N) is 1. The number of carbonyl (C=O) groups excluding carboxylic acids is 2. The van der Waals surface area contributed by atoms with Gasteiger partial charge < -0.3 is 14.6 Å². The fourth-order valence-electron chi connectivity index (χ4n) is 3.92. The molecule has 2 aromatic heterocycles. The standard InChI is InChI=1S/C26H29N3O3/c1-5-29-18(3)21(24(19(29)4)26(31)32-6-2)15-16-23(30)28-25(20-12-8-7-9-13-20)22-14-10-11-17-27-22/h7-17,25H,5-6H2,1-4H3,(H,28,30)/b16-15+. The summed E-state index contributed by atoms with van der Waals surface area (Å²) in [6.45, 7) is 8.65. The Kier molecular flexibility index (Phi) is 7.60. The van der Waals surface area contributed by atoms with Gasteiger partial charge in [0.05, 0.1) is 23.9 Å². The van der Waals surface area contributed by atoms with E-state index in [1.165, 1.54) is 6.08 Å². The Hall–Kier alpha value is -3.67. The van der Waals surface area contributed by atoms with E-state index in [9.17, 15) is 9.59 Å². The van der Waals surface area contributed by atoms with E-state index in [0.717, 1.165) is 29.2 Å². The number of carbonyl (C=O) groups is 2. The van der Waals surface area contributed by atoms with Crippen molar-refractivity contribution in [1.29, 1.82) is 0 Å². The average molecular weight is 432 g/mol. The Morgan fingerprint density at radius 1 is 1.06 bits per heavy atom. The summed E-state index contributed by atoms with van der Waals surface area (Å²) in [5, 5.41) is 3.04. The number of amides is 1. The fourth-order valence-corrected chi connectivity index (χ4v) is 3.92. The van der Waals surface area contributed by atoms with Crippen LogP contribution in [-0.4, -0.2) is 28.0 Å². The predicted molar refractivity (Wildman–Crippen MR) is 125 cm³/mol. The van der Waals surface area contributed by atoms with Gasteiger partial charge in [-0.25, -0.2) is 4.79 Å². The molecule has 166 valence electrons. The van der Waals surface area contributed by atoms with Gasteiger partial charge in [-0.1, -0.05) is 36.4 Å². The maximum absolute atomic E-state index is 12.9. The molecule has 1 amide bonds. The molecule has 6 nitrogen and oxygen atoms in total. The van der Waals surface area contributed by atoms with Gasteiger partial charge in [-0.2, -0.15) is 0 Å². The van der Waals surface area contributed by atoms with Gasteiger partial charge in [-0.3, -0.25) is 9.78 Å². The summed E-state index contributed by atoms with van der Waals surface area (Å²) in [6, 6.07) is 14.9. The molecule has 0 aliphatic rings. The molecule has 0 spiro atoms. The highest BCUT2D eigenvalue weighted by Gasteiger charge is 2.22. The maximum atomic E-state index is 12.9. The molecule has 32 heavy (non-hydrogen) atoms.